The molecule has 3 heteroatoms. The van der Waals surface area contributed by atoms with E-state index in [0.717, 1.165) is 24.8 Å². The third-order valence-corrected chi connectivity index (χ3v) is 3.13. The number of nitrogens with one attached hydrogen (secondary N) is 1. The first kappa shape index (κ1) is 14.7. The van der Waals surface area contributed by atoms with E-state index in [0.29, 0.717) is 6.54 Å². The van der Waals surface area contributed by atoms with Gasteiger partial charge in [0.15, 0.2) is 0 Å². The number of hydrogen-bond donors (Lipinski definition) is 2. The molecule has 2 atom stereocenters. The molecule has 0 aliphatic rings. The van der Waals surface area contributed by atoms with Crippen molar-refractivity contribution in [1.82, 2.24) is 5.32 Å². The second kappa shape index (κ2) is 7.88. The largest absolute Gasteiger partial charge is 0.353 e. The Balaban J connectivity index is 2.58. The van der Waals surface area contributed by atoms with Crippen molar-refractivity contribution < 1.29 is 4.79 Å². The third-order valence-electron chi connectivity index (χ3n) is 3.13. The molecule has 1 aromatic rings. The van der Waals surface area contributed by atoms with Crippen LogP contribution in [0.2, 0.25) is 0 Å². The Morgan fingerprint density at radius 2 is 2.00 bits per heavy atom. The minimum atomic E-state index is -0.240. The van der Waals surface area contributed by atoms with Crippen LogP contribution in [0.5, 0.6) is 0 Å². The molecule has 0 aromatic heterocycles. The zero-order valence-electron chi connectivity index (χ0n) is 11.4. The van der Waals surface area contributed by atoms with Gasteiger partial charge in [-0.1, -0.05) is 50.1 Å². The fourth-order valence-electron chi connectivity index (χ4n) is 2.01. The van der Waals surface area contributed by atoms with Crippen LogP contribution in [0.1, 0.15) is 44.6 Å². The molecule has 0 heterocycles. The van der Waals surface area contributed by atoms with E-state index in [2.05, 4.69) is 12.2 Å². The zero-order chi connectivity index (χ0) is 13.4. The number of amides is 1. The highest BCUT2D eigenvalue weighted by Crippen LogP contribution is 2.14. The summed E-state index contributed by atoms with van der Waals surface area (Å²) in [4.78, 5) is 12.2. The fourth-order valence-corrected chi connectivity index (χ4v) is 2.01. The molecular formula is C15H24N2O. The minimum absolute atomic E-state index is 0.0345. The van der Waals surface area contributed by atoms with Crippen molar-refractivity contribution >= 4 is 5.91 Å². The van der Waals surface area contributed by atoms with Gasteiger partial charge in [-0.3, -0.25) is 4.79 Å². The molecule has 3 N–H and O–H groups in total. The van der Waals surface area contributed by atoms with Crippen LogP contribution in [-0.2, 0) is 4.79 Å². The number of nitrogens with two attached hydrogens (primary N) is 1. The monoisotopic (exact) mass is 248 g/mol. The van der Waals surface area contributed by atoms with Gasteiger partial charge >= 0.3 is 0 Å². The standard InChI is InChI=1S/C15H24N2O/c1-3-4-8-12(2)17-15(18)14(11-16)13-9-6-5-7-10-13/h5-7,9-10,12,14H,3-4,8,11,16H2,1-2H3,(H,17,18). The molecule has 0 radical (unpaired) electrons. The van der Waals surface area contributed by atoms with E-state index in [9.17, 15) is 4.79 Å². The van der Waals surface area contributed by atoms with Crippen molar-refractivity contribution in [2.75, 3.05) is 6.54 Å². The Bertz CT molecular complexity index is 351. The number of carbonyl (C=O) groups excluding carboxylic acids is 1. The predicted molar refractivity (Wildman–Crippen MR) is 75.4 cm³/mol. The summed E-state index contributed by atoms with van der Waals surface area (Å²) in [5, 5.41) is 3.05. The van der Waals surface area contributed by atoms with E-state index >= 15 is 0 Å². The van der Waals surface area contributed by atoms with Crippen LogP contribution < -0.4 is 11.1 Å². The molecule has 0 aliphatic carbocycles. The van der Waals surface area contributed by atoms with Gasteiger partial charge in [-0.2, -0.15) is 0 Å². The van der Waals surface area contributed by atoms with E-state index in [4.69, 9.17) is 5.73 Å². The average Bonchev–Trinajstić information content (AvgIpc) is 2.38. The number of benzene rings is 1. The van der Waals surface area contributed by atoms with Crippen LogP contribution in [0.25, 0.3) is 0 Å². The molecule has 1 amide bonds. The summed E-state index contributed by atoms with van der Waals surface area (Å²) in [6.07, 6.45) is 3.31. The van der Waals surface area contributed by atoms with Gasteiger partial charge in [0.1, 0.15) is 0 Å². The lowest BCUT2D eigenvalue weighted by Gasteiger charge is -2.19. The van der Waals surface area contributed by atoms with Gasteiger partial charge in [-0.05, 0) is 18.9 Å². The maximum atomic E-state index is 12.2. The number of hydrogen-bond acceptors (Lipinski definition) is 2. The highest BCUT2D eigenvalue weighted by molar-refractivity contribution is 5.84. The van der Waals surface area contributed by atoms with Crippen molar-refractivity contribution in [1.29, 1.82) is 0 Å². The Labute approximate surface area is 110 Å². The van der Waals surface area contributed by atoms with Crippen LogP contribution >= 0.6 is 0 Å². The average molecular weight is 248 g/mol. The van der Waals surface area contributed by atoms with Gasteiger partial charge in [0.05, 0.1) is 5.92 Å². The maximum absolute atomic E-state index is 12.2. The molecule has 0 aliphatic heterocycles. The summed E-state index contributed by atoms with van der Waals surface area (Å²) in [5.41, 5.74) is 6.71. The maximum Gasteiger partial charge on any atom is 0.229 e. The number of carbonyl (C=O) groups is 1. The first-order valence-corrected chi connectivity index (χ1v) is 6.74. The summed E-state index contributed by atoms with van der Waals surface area (Å²) in [5.74, 6) is -0.206. The summed E-state index contributed by atoms with van der Waals surface area (Å²) in [6.45, 7) is 4.55. The lowest BCUT2D eigenvalue weighted by molar-refractivity contribution is -0.123. The molecule has 0 bridgehead atoms. The van der Waals surface area contributed by atoms with Gasteiger partial charge in [0.2, 0.25) is 5.91 Å². The van der Waals surface area contributed by atoms with Crippen molar-refractivity contribution in [3.05, 3.63) is 35.9 Å². The third kappa shape index (κ3) is 4.49. The van der Waals surface area contributed by atoms with Gasteiger partial charge < -0.3 is 11.1 Å². The molecule has 1 aromatic carbocycles. The van der Waals surface area contributed by atoms with Gasteiger partial charge in [-0.25, -0.2) is 0 Å². The molecule has 18 heavy (non-hydrogen) atoms. The highest BCUT2D eigenvalue weighted by Gasteiger charge is 2.19. The molecule has 0 fully saturated rings. The predicted octanol–water partition coefficient (Wildman–Crippen LogP) is 2.42. The molecule has 2 unspecified atom stereocenters. The van der Waals surface area contributed by atoms with Crippen molar-refractivity contribution in [2.45, 2.75) is 45.1 Å². The second-order valence-corrected chi connectivity index (χ2v) is 4.75. The van der Waals surface area contributed by atoms with Crippen LogP contribution in [0.4, 0.5) is 0 Å². The summed E-state index contributed by atoms with van der Waals surface area (Å²) < 4.78 is 0. The molecular weight excluding hydrogens is 224 g/mol. The van der Waals surface area contributed by atoms with Crippen LogP contribution in [0, 0.1) is 0 Å². The van der Waals surface area contributed by atoms with Crippen LogP contribution in [-0.4, -0.2) is 18.5 Å². The van der Waals surface area contributed by atoms with Gasteiger partial charge in [0, 0.05) is 12.6 Å². The first-order chi connectivity index (χ1) is 8.69. The summed E-state index contributed by atoms with van der Waals surface area (Å²) in [7, 11) is 0. The van der Waals surface area contributed by atoms with Crippen LogP contribution in [0.3, 0.4) is 0 Å². The molecule has 3 nitrogen and oxygen atoms in total. The lowest BCUT2D eigenvalue weighted by atomic mass is 9.98. The van der Waals surface area contributed by atoms with Crippen molar-refractivity contribution in [2.24, 2.45) is 5.73 Å². The van der Waals surface area contributed by atoms with E-state index < -0.39 is 0 Å². The Kier molecular flexibility index (Phi) is 6.44. The molecule has 0 saturated carbocycles. The Morgan fingerprint density at radius 1 is 1.33 bits per heavy atom. The Hall–Kier alpha value is -1.35. The van der Waals surface area contributed by atoms with Gasteiger partial charge in [0.25, 0.3) is 0 Å². The Morgan fingerprint density at radius 3 is 2.56 bits per heavy atom. The fraction of sp³-hybridized carbons (Fsp3) is 0.533. The van der Waals surface area contributed by atoms with Gasteiger partial charge in [-0.15, -0.1) is 0 Å². The SMILES string of the molecule is CCCCC(C)NC(=O)C(CN)c1ccccc1. The highest BCUT2D eigenvalue weighted by atomic mass is 16.1. The first-order valence-electron chi connectivity index (χ1n) is 6.74. The second-order valence-electron chi connectivity index (χ2n) is 4.75. The molecule has 0 saturated heterocycles. The molecule has 0 spiro atoms. The van der Waals surface area contributed by atoms with Crippen LogP contribution in [0.15, 0.2) is 30.3 Å². The lowest BCUT2D eigenvalue weighted by Crippen LogP contribution is -2.38. The topological polar surface area (TPSA) is 55.1 Å². The molecule has 1 rings (SSSR count). The number of unbranched alkanes of at least 4 members (excludes halogenated alkanes) is 1. The normalized spacial score (nSPS) is 13.9. The number of rotatable bonds is 7. The summed E-state index contributed by atoms with van der Waals surface area (Å²) in [6, 6.07) is 9.94. The van der Waals surface area contributed by atoms with Crippen molar-refractivity contribution in [3.63, 3.8) is 0 Å². The quantitative estimate of drug-likeness (QED) is 0.778. The smallest absolute Gasteiger partial charge is 0.229 e. The minimum Gasteiger partial charge on any atom is -0.353 e. The zero-order valence-corrected chi connectivity index (χ0v) is 11.4. The summed E-state index contributed by atoms with van der Waals surface area (Å²) >= 11 is 0. The van der Waals surface area contributed by atoms with E-state index in [1.165, 1.54) is 0 Å². The van der Waals surface area contributed by atoms with Crippen molar-refractivity contribution in [3.8, 4) is 0 Å². The van der Waals surface area contributed by atoms with E-state index in [1.807, 2.05) is 37.3 Å². The molecule has 100 valence electrons. The van der Waals surface area contributed by atoms with E-state index in [-0.39, 0.29) is 17.9 Å². The van der Waals surface area contributed by atoms with E-state index in [1.54, 1.807) is 0 Å².